The number of benzene rings is 2. The second-order valence-electron chi connectivity index (χ2n) is 5.60. The number of carbonyl (C=O) groups excluding carboxylic acids is 1. The number of hydrogen-bond acceptors (Lipinski definition) is 2. The van der Waals surface area contributed by atoms with Crippen molar-refractivity contribution in [2.45, 2.75) is 13.3 Å². The van der Waals surface area contributed by atoms with Crippen molar-refractivity contribution in [2.24, 2.45) is 0 Å². The molecule has 0 atom stereocenters. The average Bonchev–Trinajstić information content (AvgIpc) is 3.07. The normalized spacial score (nSPS) is 10.6. The molecule has 3 rings (SSSR count). The van der Waals surface area contributed by atoms with E-state index in [9.17, 15) is 9.18 Å². The van der Waals surface area contributed by atoms with E-state index >= 15 is 0 Å². The van der Waals surface area contributed by atoms with Gasteiger partial charge >= 0.3 is 0 Å². The van der Waals surface area contributed by atoms with Gasteiger partial charge in [-0.1, -0.05) is 36.4 Å². The highest BCUT2D eigenvalue weighted by molar-refractivity contribution is 7.17. The summed E-state index contributed by atoms with van der Waals surface area (Å²) in [4.78, 5) is 13.9. The predicted molar refractivity (Wildman–Crippen MR) is 96.9 cm³/mol. The van der Waals surface area contributed by atoms with Crippen LogP contribution in [0, 0.1) is 12.7 Å². The van der Waals surface area contributed by atoms with Gasteiger partial charge in [0.05, 0.1) is 4.88 Å². The van der Waals surface area contributed by atoms with Crippen LogP contribution >= 0.6 is 11.3 Å². The van der Waals surface area contributed by atoms with Gasteiger partial charge in [0.15, 0.2) is 0 Å². The van der Waals surface area contributed by atoms with Gasteiger partial charge in [-0.3, -0.25) is 4.79 Å². The van der Waals surface area contributed by atoms with Gasteiger partial charge in [-0.15, -0.1) is 11.3 Å². The number of nitrogens with one attached hydrogen (secondary N) is 1. The van der Waals surface area contributed by atoms with Gasteiger partial charge in [-0.2, -0.15) is 0 Å². The van der Waals surface area contributed by atoms with Gasteiger partial charge in [0.25, 0.3) is 5.91 Å². The zero-order chi connectivity index (χ0) is 16.9. The molecule has 0 spiro atoms. The number of rotatable bonds is 5. The Labute approximate surface area is 145 Å². The third-order valence-electron chi connectivity index (χ3n) is 3.90. The Morgan fingerprint density at radius 3 is 2.54 bits per heavy atom. The second-order valence-corrected chi connectivity index (χ2v) is 6.69. The largest absolute Gasteiger partial charge is 0.351 e. The Morgan fingerprint density at radius 2 is 1.79 bits per heavy atom. The molecule has 0 aliphatic heterocycles. The van der Waals surface area contributed by atoms with Crippen molar-refractivity contribution in [3.8, 4) is 10.4 Å². The van der Waals surface area contributed by atoms with Crippen molar-refractivity contribution in [3.63, 3.8) is 0 Å². The molecule has 0 aliphatic carbocycles. The summed E-state index contributed by atoms with van der Waals surface area (Å²) in [6, 6.07) is 18.2. The fourth-order valence-electron chi connectivity index (χ4n) is 2.52. The van der Waals surface area contributed by atoms with Crippen molar-refractivity contribution in [1.29, 1.82) is 0 Å². The first kappa shape index (κ1) is 16.4. The molecule has 2 aromatic carbocycles. The minimum atomic E-state index is -0.260. The number of amides is 1. The summed E-state index contributed by atoms with van der Waals surface area (Å²) in [5, 5.41) is 2.96. The topological polar surface area (TPSA) is 29.1 Å². The van der Waals surface area contributed by atoms with Crippen molar-refractivity contribution >= 4 is 17.2 Å². The minimum Gasteiger partial charge on any atom is -0.351 e. The fourth-order valence-corrected chi connectivity index (χ4v) is 3.45. The molecule has 2 nitrogen and oxygen atoms in total. The lowest BCUT2D eigenvalue weighted by molar-refractivity contribution is 0.0958. The van der Waals surface area contributed by atoms with E-state index in [1.165, 1.54) is 34.6 Å². The quantitative estimate of drug-likeness (QED) is 0.708. The van der Waals surface area contributed by atoms with E-state index in [1.807, 2.05) is 24.3 Å². The lowest BCUT2D eigenvalue weighted by atomic mass is 10.1. The number of aryl methyl sites for hydroxylation is 1. The molecule has 4 heteroatoms. The Bertz CT molecular complexity index is 839. The summed E-state index contributed by atoms with van der Waals surface area (Å²) < 4.78 is 13.0. The molecule has 1 amide bonds. The van der Waals surface area contributed by atoms with Crippen LogP contribution in [0.15, 0.2) is 60.7 Å². The van der Waals surface area contributed by atoms with Crippen LogP contribution < -0.4 is 5.32 Å². The minimum absolute atomic E-state index is 0.0676. The van der Waals surface area contributed by atoms with Gasteiger partial charge in [-0.05, 0) is 54.3 Å². The SMILES string of the molecule is Cc1ccccc1CCNC(=O)c1ccc(-c2ccc(F)cc2)s1. The molecule has 0 fully saturated rings. The molecule has 0 unspecified atom stereocenters. The van der Waals surface area contributed by atoms with Crippen molar-refractivity contribution in [1.82, 2.24) is 5.32 Å². The van der Waals surface area contributed by atoms with E-state index in [2.05, 4.69) is 24.4 Å². The Balaban J connectivity index is 1.60. The van der Waals surface area contributed by atoms with E-state index in [1.54, 1.807) is 12.1 Å². The van der Waals surface area contributed by atoms with Crippen molar-refractivity contribution in [2.75, 3.05) is 6.54 Å². The molecule has 1 aromatic heterocycles. The lowest BCUT2D eigenvalue weighted by Gasteiger charge is -2.06. The molecule has 0 bridgehead atoms. The van der Waals surface area contributed by atoms with Crippen LogP contribution in [0.1, 0.15) is 20.8 Å². The third kappa shape index (κ3) is 3.89. The second kappa shape index (κ2) is 7.41. The average molecular weight is 339 g/mol. The van der Waals surface area contributed by atoms with Crippen LogP contribution in [-0.2, 0) is 6.42 Å². The predicted octanol–water partition coefficient (Wildman–Crippen LogP) is 4.84. The highest BCUT2D eigenvalue weighted by atomic mass is 32.1. The van der Waals surface area contributed by atoms with Crippen LogP contribution in [-0.4, -0.2) is 12.5 Å². The number of hydrogen-bond donors (Lipinski definition) is 1. The maximum absolute atomic E-state index is 13.0. The summed E-state index contributed by atoms with van der Waals surface area (Å²) in [5.41, 5.74) is 3.40. The smallest absolute Gasteiger partial charge is 0.261 e. The number of carbonyl (C=O) groups is 1. The van der Waals surface area contributed by atoms with E-state index in [4.69, 9.17) is 0 Å². The van der Waals surface area contributed by atoms with Crippen molar-refractivity contribution in [3.05, 3.63) is 82.5 Å². The maximum atomic E-state index is 13.0. The molecule has 24 heavy (non-hydrogen) atoms. The van der Waals surface area contributed by atoms with Gasteiger partial charge in [0, 0.05) is 11.4 Å². The summed E-state index contributed by atoms with van der Waals surface area (Å²) in [5.74, 6) is -0.327. The third-order valence-corrected chi connectivity index (χ3v) is 5.03. The summed E-state index contributed by atoms with van der Waals surface area (Å²) in [6.45, 7) is 2.68. The van der Waals surface area contributed by atoms with Crippen LogP contribution in [0.4, 0.5) is 4.39 Å². The summed E-state index contributed by atoms with van der Waals surface area (Å²) in [6.07, 6.45) is 0.814. The first-order valence-electron chi connectivity index (χ1n) is 7.82. The fraction of sp³-hybridized carbons (Fsp3) is 0.150. The van der Waals surface area contributed by atoms with Crippen LogP contribution in [0.25, 0.3) is 10.4 Å². The molecule has 3 aromatic rings. The Hall–Kier alpha value is -2.46. The van der Waals surface area contributed by atoms with E-state index < -0.39 is 0 Å². The first-order chi connectivity index (χ1) is 11.6. The van der Waals surface area contributed by atoms with E-state index in [-0.39, 0.29) is 11.7 Å². The number of halogens is 1. The zero-order valence-corrected chi connectivity index (χ0v) is 14.2. The Morgan fingerprint density at radius 1 is 1.04 bits per heavy atom. The van der Waals surface area contributed by atoms with E-state index in [0.717, 1.165) is 16.9 Å². The number of thiophene rings is 1. The molecule has 122 valence electrons. The van der Waals surface area contributed by atoms with Crippen LogP contribution in [0.5, 0.6) is 0 Å². The molecular formula is C20H18FNOS. The van der Waals surface area contributed by atoms with Gasteiger partial charge in [0.2, 0.25) is 0 Å². The van der Waals surface area contributed by atoms with Gasteiger partial charge in [-0.25, -0.2) is 4.39 Å². The lowest BCUT2D eigenvalue weighted by Crippen LogP contribution is -2.25. The van der Waals surface area contributed by atoms with Crippen LogP contribution in [0.2, 0.25) is 0 Å². The summed E-state index contributed by atoms with van der Waals surface area (Å²) >= 11 is 1.41. The molecule has 1 N–H and O–H groups in total. The molecule has 0 saturated carbocycles. The summed E-state index contributed by atoms with van der Waals surface area (Å²) in [7, 11) is 0. The zero-order valence-electron chi connectivity index (χ0n) is 13.4. The monoisotopic (exact) mass is 339 g/mol. The Kier molecular flexibility index (Phi) is 5.06. The molecule has 0 saturated heterocycles. The highest BCUT2D eigenvalue weighted by Crippen LogP contribution is 2.28. The van der Waals surface area contributed by atoms with Gasteiger partial charge in [0.1, 0.15) is 5.82 Å². The highest BCUT2D eigenvalue weighted by Gasteiger charge is 2.10. The molecule has 0 aliphatic rings. The van der Waals surface area contributed by atoms with Crippen molar-refractivity contribution < 1.29 is 9.18 Å². The van der Waals surface area contributed by atoms with Crippen LogP contribution in [0.3, 0.4) is 0 Å². The molecular weight excluding hydrogens is 321 g/mol. The molecule has 0 radical (unpaired) electrons. The van der Waals surface area contributed by atoms with Gasteiger partial charge < -0.3 is 5.32 Å². The first-order valence-corrected chi connectivity index (χ1v) is 8.63. The maximum Gasteiger partial charge on any atom is 0.261 e. The van der Waals surface area contributed by atoms with E-state index in [0.29, 0.717) is 11.4 Å². The standard InChI is InChI=1S/C20H18FNOS/c1-14-4-2-3-5-15(14)12-13-22-20(23)19-11-10-18(24-19)16-6-8-17(21)9-7-16/h2-11H,12-13H2,1H3,(H,22,23). The molecule has 1 heterocycles.